The highest BCUT2D eigenvalue weighted by Gasteiger charge is 2.23. The Bertz CT molecular complexity index is 982. The molecule has 3 aromatic rings. The average Bonchev–Trinajstić information content (AvgIpc) is 3.06. The van der Waals surface area contributed by atoms with E-state index in [9.17, 15) is 14.4 Å². The Balaban J connectivity index is 2.37. The number of thiophene rings is 1. The molecule has 0 saturated carbocycles. The molecule has 10 heteroatoms. The smallest absolute Gasteiger partial charge is 0.330 e. The Morgan fingerprint density at radius 1 is 1.36 bits per heavy atom. The van der Waals surface area contributed by atoms with Crippen LogP contribution < -0.4 is 11.2 Å². The Morgan fingerprint density at radius 3 is 2.59 bits per heavy atom. The first-order valence-corrected chi connectivity index (χ1v) is 7.11. The number of aryl methyl sites for hydroxylation is 1. The second-order valence-corrected chi connectivity index (χ2v) is 5.67. The van der Waals surface area contributed by atoms with Crippen molar-refractivity contribution in [3.05, 3.63) is 38.8 Å². The van der Waals surface area contributed by atoms with Gasteiger partial charge in [-0.05, 0) is 13.8 Å². The Kier molecular flexibility index (Phi) is 3.17. The highest BCUT2D eigenvalue weighted by atomic mass is 32.1. The third kappa shape index (κ3) is 1.96. The first-order chi connectivity index (χ1) is 10.4. The second kappa shape index (κ2) is 4.91. The van der Waals surface area contributed by atoms with Crippen LogP contribution in [0.25, 0.3) is 15.2 Å². The van der Waals surface area contributed by atoms with Crippen molar-refractivity contribution in [2.75, 3.05) is 0 Å². The molecule has 3 aromatic heterocycles. The van der Waals surface area contributed by atoms with Gasteiger partial charge in [-0.25, -0.2) is 14.2 Å². The normalized spacial score (nSPS) is 12.6. The first kappa shape index (κ1) is 14.2. The van der Waals surface area contributed by atoms with E-state index in [4.69, 9.17) is 5.11 Å². The molecule has 0 spiro atoms. The van der Waals surface area contributed by atoms with Gasteiger partial charge in [-0.1, -0.05) is 11.3 Å². The summed E-state index contributed by atoms with van der Waals surface area (Å²) in [5.74, 6) is -1.26. The number of aliphatic carboxylic acids is 1. The summed E-state index contributed by atoms with van der Waals surface area (Å²) in [6, 6.07) is -1.26. The van der Waals surface area contributed by atoms with Crippen LogP contribution in [0.1, 0.15) is 18.5 Å². The molecule has 0 aromatic carbocycles. The lowest BCUT2D eigenvalue weighted by Crippen LogP contribution is -2.39. The van der Waals surface area contributed by atoms with Gasteiger partial charge in [0, 0.05) is 5.56 Å². The zero-order chi connectivity index (χ0) is 16.0. The van der Waals surface area contributed by atoms with E-state index in [1.165, 1.54) is 24.1 Å². The molecule has 1 unspecified atom stereocenters. The summed E-state index contributed by atoms with van der Waals surface area (Å²) in [5.41, 5.74) is -0.807. The third-order valence-corrected chi connectivity index (χ3v) is 4.51. The lowest BCUT2D eigenvalue weighted by Gasteiger charge is -2.08. The summed E-state index contributed by atoms with van der Waals surface area (Å²) in [4.78, 5) is 39.9. The molecule has 114 valence electrons. The minimum absolute atomic E-state index is 0.269. The number of aromatic amines is 1. The summed E-state index contributed by atoms with van der Waals surface area (Å²) < 4.78 is 0.699. The molecule has 0 amide bonds. The monoisotopic (exact) mass is 321 g/mol. The van der Waals surface area contributed by atoms with Gasteiger partial charge < -0.3 is 5.11 Å². The molecule has 0 bridgehead atoms. The summed E-state index contributed by atoms with van der Waals surface area (Å²) in [6.45, 7) is 2.98. The predicted molar refractivity (Wildman–Crippen MR) is 78.7 cm³/mol. The van der Waals surface area contributed by atoms with Crippen LogP contribution in [0.5, 0.6) is 0 Å². The van der Waals surface area contributed by atoms with E-state index in [-0.39, 0.29) is 5.39 Å². The molecule has 2 N–H and O–H groups in total. The summed E-state index contributed by atoms with van der Waals surface area (Å²) in [7, 11) is 0. The van der Waals surface area contributed by atoms with Crippen LogP contribution in [0.15, 0.2) is 22.0 Å². The number of nitrogens with one attached hydrogen (secondary N) is 1. The summed E-state index contributed by atoms with van der Waals surface area (Å²) in [6.07, 6.45) is 2.99. The van der Waals surface area contributed by atoms with E-state index in [2.05, 4.69) is 15.2 Å². The van der Waals surface area contributed by atoms with Crippen LogP contribution >= 0.6 is 11.3 Å². The van der Waals surface area contributed by atoms with Crippen molar-refractivity contribution in [1.82, 2.24) is 24.5 Å². The minimum atomic E-state index is -1.26. The molecular weight excluding hydrogens is 310 g/mol. The fourth-order valence-electron chi connectivity index (χ4n) is 2.19. The van der Waals surface area contributed by atoms with Crippen molar-refractivity contribution in [3.8, 4) is 5.00 Å². The predicted octanol–water partition coefficient (Wildman–Crippen LogP) is 0.286. The number of carboxylic acid groups (broad SMARTS) is 1. The maximum Gasteiger partial charge on any atom is 0.330 e. The van der Waals surface area contributed by atoms with Gasteiger partial charge in [-0.2, -0.15) is 10.2 Å². The third-order valence-electron chi connectivity index (χ3n) is 3.34. The van der Waals surface area contributed by atoms with Crippen molar-refractivity contribution < 1.29 is 9.90 Å². The number of hydrogen-bond acceptors (Lipinski definition) is 6. The second-order valence-electron chi connectivity index (χ2n) is 4.67. The van der Waals surface area contributed by atoms with Crippen LogP contribution in [0.2, 0.25) is 0 Å². The van der Waals surface area contributed by atoms with E-state index in [0.29, 0.717) is 20.0 Å². The number of hydrogen-bond donors (Lipinski definition) is 2. The van der Waals surface area contributed by atoms with E-state index in [1.807, 2.05) is 0 Å². The van der Waals surface area contributed by atoms with Crippen LogP contribution in [-0.4, -0.2) is 35.6 Å². The number of rotatable bonds is 3. The molecule has 1 atom stereocenters. The molecule has 9 nitrogen and oxygen atoms in total. The van der Waals surface area contributed by atoms with Crippen LogP contribution in [0.3, 0.4) is 0 Å². The fourth-order valence-corrected chi connectivity index (χ4v) is 3.30. The number of carboxylic acids is 1. The zero-order valence-corrected chi connectivity index (χ0v) is 12.4. The molecule has 3 heterocycles. The molecule has 0 radical (unpaired) electrons. The van der Waals surface area contributed by atoms with Crippen LogP contribution in [0.4, 0.5) is 0 Å². The largest absolute Gasteiger partial charge is 0.480 e. The van der Waals surface area contributed by atoms with Gasteiger partial charge in [0.05, 0.1) is 17.8 Å². The molecule has 0 saturated heterocycles. The Labute approximate surface area is 126 Å². The van der Waals surface area contributed by atoms with Gasteiger partial charge in [0.15, 0.2) is 0 Å². The van der Waals surface area contributed by atoms with Crippen molar-refractivity contribution in [2.45, 2.75) is 19.9 Å². The standard InChI is InChI=1S/C12H11N5O4S/c1-5-7-8(22-10(5)17-13-3-4-14-17)15-12(21)16(9(7)18)6(2)11(19)20/h3-4,6H,1-2H3,(H,15,21)(H,19,20). The fraction of sp³-hybridized carbons (Fsp3) is 0.250. The quantitative estimate of drug-likeness (QED) is 0.714. The molecule has 0 aliphatic carbocycles. The minimum Gasteiger partial charge on any atom is -0.480 e. The molecule has 0 fully saturated rings. The van der Waals surface area contributed by atoms with Gasteiger partial charge in [0.1, 0.15) is 15.9 Å². The molecule has 0 aliphatic rings. The highest BCUT2D eigenvalue weighted by molar-refractivity contribution is 7.21. The first-order valence-electron chi connectivity index (χ1n) is 6.29. The summed E-state index contributed by atoms with van der Waals surface area (Å²) >= 11 is 1.16. The molecule has 22 heavy (non-hydrogen) atoms. The van der Waals surface area contributed by atoms with Crippen LogP contribution in [0, 0.1) is 6.92 Å². The van der Waals surface area contributed by atoms with E-state index < -0.39 is 23.3 Å². The van der Waals surface area contributed by atoms with Gasteiger partial charge >= 0.3 is 11.7 Å². The van der Waals surface area contributed by atoms with E-state index in [1.54, 1.807) is 6.92 Å². The van der Waals surface area contributed by atoms with Crippen molar-refractivity contribution in [2.24, 2.45) is 0 Å². The number of nitrogens with zero attached hydrogens (tertiary/aromatic N) is 4. The van der Waals surface area contributed by atoms with Crippen molar-refractivity contribution >= 4 is 27.5 Å². The Hall–Kier alpha value is -2.75. The molecule has 0 aliphatic heterocycles. The maximum absolute atomic E-state index is 12.5. The average molecular weight is 321 g/mol. The van der Waals surface area contributed by atoms with Crippen molar-refractivity contribution in [1.29, 1.82) is 0 Å². The number of fused-ring (bicyclic) bond motifs is 1. The topological polar surface area (TPSA) is 123 Å². The maximum atomic E-state index is 12.5. The molecular formula is C12H11N5O4S. The van der Waals surface area contributed by atoms with E-state index >= 15 is 0 Å². The van der Waals surface area contributed by atoms with E-state index in [0.717, 1.165) is 11.3 Å². The number of aromatic nitrogens is 5. The number of carbonyl (C=O) groups is 1. The Morgan fingerprint density at radius 2 is 2.00 bits per heavy atom. The van der Waals surface area contributed by atoms with Crippen LogP contribution in [-0.2, 0) is 4.79 Å². The van der Waals surface area contributed by atoms with Gasteiger partial charge in [0.25, 0.3) is 5.56 Å². The highest BCUT2D eigenvalue weighted by Crippen LogP contribution is 2.28. The van der Waals surface area contributed by atoms with Crippen molar-refractivity contribution in [3.63, 3.8) is 0 Å². The van der Waals surface area contributed by atoms with Gasteiger partial charge in [0.2, 0.25) is 0 Å². The lowest BCUT2D eigenvalue weighted by atomic mass is 10.2. The number of H-pyrrole nitrogens is 1. The zero-order valence-electron chi connectivity index (χ0n) is 11.6. The lowest BCUT2D eigenvalue weighted by molar-refractivity contribution is -0.140. The van der Waals surface area contributed by atoms with Gasteiger partial charge in [-0.15, -0.1) is 4.80 Å². The molecule has 3 rings (SSSR count). The SMILES string of the molecule is Cc1c(-n2nccn2)sc2[nH]c(=O)n(C(C)C(=O)O)c(=O)c12. The summed E-state index contributed by atoms with van der Waals surface area (Å²) in [5, 5.41) is 17.9. The van der Waals surface area contributed by atoms with Gasteiger partial charge in [-0.3, -0.25) is 9.78 Å².